The van der Waals surface area contributed by atoms with Gasteiger partial charge in [0.1, 0.15) is 5.82 Å². The van der Waals surface area contributed by atoms with Gasteiger partial charge in [0.25, 0.3) is 0 Å². The molecule has 0 aliphatic heterocycles. The maximum atomic E-state index is 12.0. The Labute approximate surface area is 156 Å². The van der Waals surface area contributed by atoms with Crippen LogP contribution < -0.4 is 5.32 Å². The van der Waals surface area contributed by atoms with Crippen molar-refractivity contribution in [2.45, 2.75) is 13.5 Å². The largest absolute Gasteiger partial charge is 0.351 e. The second kappa shape index (κ2) is 7.72. The van der Waals surface area contributed by atoms with Gasteiger partial charge in [-0.05, 0) is 42.8 Å². The van der Waals surface area contributed by atoms with Gasteiger partial charge < -0.3 is 9.88 Å². The highest BCUT2D eigenvalue weighted by Crippen LogP contribution is 2.23. The summed E-state index contributed by atoms with van der Waals surface area (Å²) in [7, 11) is 0. The van der Waals surface area contributed by atoms with E-state index < -0.39 is 0 Å². The molecule has 0 saturated heterocycles. The van der Waals surface area contributed by atoms with Crippen LogP contribution in [0.4, 0.5) is 0 Å². The molecular weight excluding hydrogens is 357 g/mol. The maximum Gasteiger partial charge on any atom is 0.244 e. The molecule has 6 heteroatoms. The van der Waals surface area contributed by atoms with E-state index in [4.69, 9.17) is 23.2 Å². The van der Waals surface area contributed by atoms with Crippen molar-refractivity contribution in [2.24, 2.45) is 0 Å². The van der Waals surface area contributed by atoms with E-state index in [1.54, 1.807) is 24.3 Å². The first-order valence-electron chi connectivity index (χ1n) is 7.87. The highest BCUT2D eigenvalue weighted by atomic mass is 35.5. The van der Waals surface area contributed by atoms with Crippen LogP contribution in [0.1, 0.15) is 11.4 Å². The number of halogens is 2. The molecule has 0 fully saturated rings. The molecule has 0 unspecified atom stereocenters. The van der Waals surface area contributed by atoms with Crippen molar-refractivity contribution >= 4 is 46.2 Å². The number of aryl methyl sites for hydroxylation is 1. The topological polar surface area (TPSA) is 46.9 Å². The van der Waals surface area contributed by atoms with E-state index >= 15 is 0 Å². The number of nitrogens with one attached hydrogen (secondary N) is 1. The van der Waals surface area contributed by atoms with Crippen LogP contribution in [0, 0.1) is 6.92 Å². The van der Waals surface area contributed by atoms with Crippen molar-refractivity contribution in [2.75, 3.05) is 6.54 Å². The van der Waals surface area contributed by atoms with E-state index in [2.05, 4.69) is 14.9 Å². The number of fused-ring (bicyclic) bond motifs is 1. The Morgan fingerprint density at radius 1 is 1.20 bits per heavy atom. The highest BCUT2D eigenvalue weighted by molar-refractivity contribution is 6.42. The van der Waals surface area contributed by atoms with E-state index in [-0.39, 0.29) is 5.91 Å². The second-order valence-corrected chi connectivity index (χ2v) is 6.41. The van der Waals surface area contributed by atoms with Crippen LogP contribution >= 0.6 is 23.2 Å². The summed E-state index contributed by atoms with van der Waals surface area (Å²) in [5.41, 5.74) is 2.85. The second-order valence-electron chi connectivity index (χ2n) is 5.60. The summed E-state index contributed by atoms with van der Waals surface area (Å²) in [6.45, 7) is 3.15. The molecule has 1 heterocycles. The zero-order valence-electron chi connectivity index (χ0n) is 13.7. The van der Waals surface area contributed by atoms with Crippen LogP contribution in [-0.4, -0.2) is 22.0 Å². The lowest BCUT2D eigenvalue weighted by atomic mass is 10.2. The van der Waals surface area contributed by atoms with Gasteiger partial charge in [0.05, 0.1) is 21.1 Å². The molecular formula is C19H17Cl2N3O. The van der Waals surface area contributed by atoms with Crippen LogP contribution in [0.15, 0.2) is 48.5 Å². The van der Waals surface area contributed by atoms with Crippen molar-refractivity contribution in [1.29, 1.82) is 0 Å². The lowest BCUT2D eigenvalue weighted by Crippen LogP contribution is -2.25. The Hall–Kier alpha value is -2.30. The number of imidazole rings is 1. The van der Waals surface area contributed by atoms with Crippen LogP contribution in [0.25, 0.3) is 17.1 Å². The van der Waals surface area contributed by atoms with E-state index in [1.165, 1.54) is 6.08 Å². The summed E-state index contributed by atoms with van der Waals surface area (Å²) < 4.78 is 2.10. The minimum Gasteiger partial charge on any atom is -0.351 e. The summed E-state index contributed by atoms with van der Waals surface area (Å²) >= 11 is 11.8. The van der Waals surface area contributed by atoms with Gasteiger partial charge >= 0.3 is 0 Å². The average molecular weight is 374 g/mol. The van der Waals surface area contributed by atoms with Crippen LogP contribution in [0.2, 0.25) is 10.0 Å². The number of hydrogen-bond donors (Lipinski definition) is 1. The van der Waals surface area contributed by atoms with Crippen molar-refractivity contribution in [3.8, 4) is 0 Å². The molecule has 1 amide bonds. The predicted molar refractivity (Wildman–Crippen MR) is 103 cm³/mol. The number of benzene rings is 2. The molecule has 0 bridgehead atoms. The zero-order valence-corrected chi connectivity index (χ0v) is 15.2. The van der Waals surface area contributed by atoms with Crippen molar-refractivity contribution < 1.29 is 4.79 Å². The molecule has 128 valence electrons. The summed E-state index contributed by atoms with van der Waals surface area (Å²) in [5, 5.41) is 3.83. The first-order valence-corrected chi connectivity index (χ1v) is 8.63. The molecule has 25 heavy (non-hydrogen) atoms. The third-order valence-corrected chi connectivity index (χ3v) is 4.59. The smallest absolute Gasteiger partial charge is 0.244 e. The SMILES string of the molecule is Cc1nc2ccccc2n1CCNC(=O)/C=C/c1ccc(Cl)c(Cl)c1. The molecule has 0 atom stereocenters. The van der Waals surface area contributed by atoms with Gasteiger partial charge in [0, 0.05) is 19.2 Å². The molecule has 3 aromatic rings. The Balaban J connectivity index is 1.58. The lowest BCUT2D eigenvalue weighted by Gasteiger charge is -2.07. The molecule has 0 aliphatic carbocycles. The van der Waals surface area contributed by atoms with Crippen molar-refractivity contribution in [3.05, 3.63) is 70.0 Å². The summed E-state index contributed by atoms with van der Waals surface area (Å²) in [6, 6.07) is 13.2. The lowest BCUT2D eigenvalue weighted by molar-refractivity contribution is -0.116. The number of amides is 1. The first kappa shape index (κ1) is 17.5. The highest BCUT2D eigenvalue weighted by Gasteiger charge is 2.06. The molecule has 3 rings (SSSR count). The van der Waals surface area contributed by atoms with Gasteiger partial charge in [-0.3, -0.25) is 4.79 Å². The number of aromatic nitrogens is 2. The van der Waals surface area contributed by atoms with Gasteiger partial charge in [0.2, 0.25) is 5.91 Å². The van der Waals surface area contributed by atoms with Crippen molar-refractivity contribution in [1.82, 2.24) is 14.9 Å². The minimum absolute atomic E-state index is 0.159. The summed E-state index contributed by atoms with van der Waals surface area (Å²) in [5.74, 6) is 0.773. The molecule has 0 radical (unpaired) electrons. The van der Waals surface area contributed by atoms with Crippen LogP contribution in [-0.2, 0) is 11.3 Å². The van der Waals surface area contributed by atoms with E-state index in [1.807, 2.05) is 31.2 Å². The third-order valence-electron chi connectivity index (χ3n) is 3.85. The Kier molecular flexibility index (Phi) is 5.41. The maximum absolute atomic E-state index is 12.0. The number of carbonyl (C=O) groups is 1. The number of hydrogen-bond acceptors (Lipinski definition) is 2. The number of nitrogens with zero attached hydrogens (tertiary/aromatic N) is 2. The molecule has 0 saturated carbocycles. The normalized spacial score (nSPS) is 11.3. The third kappa shape index (κ3) is 4.21. The monoisotopic (exact) mass is 373 g/mol. The van der Waals surface area contributed by atoms with Gasteiger partial charge in [-0.2, -0.15) is 0 Å². The summed E-state index contributed by atoms with van der Waals surface area (Å²) in [6.07, 6.45) is 3.19. The minimum atomic E-state index is -0.159. The standard InChI is InChI=1S/C19H17Cl2N3O/c1-13-23-17-4-2-3-5-18(17)24(13)11-10-22-19(25)9-7-14-6-8-15(20)16(21)12-14/h2-9,12H,10-11H2,1H3,(H,22,25)/b9-7+. The molecule has 1 N–H and O–H groups in total. The van der Waals surface area contributed by atoms with Crippen LogP contribution in [0.3, 0.4) is 0 Å². The Morgan fingerprint density at radius 2 is 2.00 bits per heavy atom. The molecule has 2 aromatic carbocycles. The quantitative estimate of drug-likeness (QED) is 0.670. The van der Waals surface area contributed by atoms with Crippen LogP contribution in [0.5, 0.6) is 0 Å². The van der Waals surface area contributed by atoms with Gasteiger partial charge in [-0.15, -0.1) is 0 Å². The fourth-order valence-electron chi connectivity index (χ4n) is 2.62. The molecule has 4 nitrogen and oxygen atoms in total. The zero-order chi connectivity index (χ0) is 17.8. The van der Waals surface area contributed by atoms with E-state index in [0.717, 1.165) is 22.4 Å². The molecule has 0 aliphatic rings. The average Bonchev–Trinajstić information content (AvgIpc) is 2.92. The Bertz CT molecular complexity index is 947. The van der Waals surface area contributed by atoms with Gasteiger partial charge in [0.15, 0.2) is 0 Å². The fraction of sp³-hybridized carbons (Fsp3) is 0.158. The number of carbonyl (C=O) groups excluding carboxylic acids is 1. The number of para-hydroxylation sites is 2. The van der Waals surface area contributed by atoms with Gasteiger partial charge in [-0.1, -0.05) is 41.4 Å². The number of rotatable bonds is 5. The van der Waals surface area contributed by atoms with Crippen molar-refractivity contribution in [3.63, 3.8) is 0 Å². The first-order chi connectivity index (χ1) is 12.0. The molecule has 1 aromatic heterocycles. The van der Waals surface area contributed by atoms with E-state index in [0.29, 0.717) is 23.1 Å². The Morgan fingerprint density at radius 3 is 2.80 bits per heavy atom. The molecule has 0 spiro atoms. The van der Waals surface area contributed by atoms with E-state index in [9.17, 15) is 4.79 Å². The summed E-state index contributed by atoms with van der Waals surface area (Å²) in [4.78, 5) is 16.5. The fourth-order valence-corrected chi connectivity index (χ4v) is 2.92. The van der Waals surface area contributed by atoms with Gasteiger partial charge in [-0.25, -0.2) is 4.98 Å². The predicted octanol–water partition coefficient (Wildman–Crippen LogP) is 4.48.